The molecule has 1 atom stereocenters. The molecule has 0 bridgehead atoms. The Bertz CT molecular complexity index is 490. The largest absolute Gasteiger partial charge is 0.480 e. The molecule has 1 aromatic heterocycles. The third kappa shape index (κ3) is 1.85. The molecule has 0 fully saturated rings. The van der Waals surface area contributed by atoms with E-state index in [0.717, 1.165) is 16.5 Å². The lowest BCUT2D eigenvalue weighted by Gasteiger charge is -2.07. The number of hydrogen-bond donors (Lipinski definition) is 3. The van der Waals surface area contributed by atoms with Crippen LogP contribution in [0.5, 0.6) is 0 Å². The van der Waals surface area contributed by atoms with E-state index in [1.54, 1.807) is 0 Å². The molecular weight excluding hydrogens is 192 g/mol. The van der Waals surface area contributed by atoms with Gasteiger partial charge in [0.1, 0.15) is 6.04 Å². The number of aliphatic carboxylic acids is 1. The van der Waals surface area contributed by atoms with Crippen LogP contribution in [0.1, 0.15) is 5.56 Å². The molecule has 78 valence electrons. The minimum Gasteiger partial charge on any atom is -0.480 e. The maximum atomic E-state index is 10.6. The number of nitrogens with one attached hydrogen (secondary N) is 1. The van der Waals surface area contributed by atoms with E-state index in [1.807, 2.05) is 30.5 Å². The minimum absolute atomic E-state index is 0.352. The quantitative estimate of drug-likeness (QED) is 0.701. The van der Waals surface area contributed by atoms with Crippen LogP contribution in [0.15, 0.2) is 30.5 Å². The number of rotatable bonds is 3. The molecule has 0 aliphatic heterocycles. The number of nitrogens with two attached hydrogens (primary N) is 1. The van der Waals surface area contributed by atoms with Gasteiger partial charge in [-0.2, -0.15) is 0 Å². The first kappa shape index (κ1) is 9.73. The van der Waals surface area contributed by atoms with Crippen molar-refractivity contribution in [3.63, 3.8) is 0 Å². The van der Waals surface area contributed by atoms with Gasteiger partial charge in [0.25, 0.3) is 0 Å². The number of carboxylic acids is 1. The lowest BCUT2D eigenvalue weighted by atomic mass is 10.0. The van der Waals surface area contributed by atoms with Crippen LogP contribution in [0.4, 0.5) is 0 Å². The normalized spacial score (nSPS) is 12.9. The Morgan fingerprint density at radius 2 is 2.27 bits per heavy atom. The molecule has 4 N–H and O–H groups in total. The first-order chi connectivity index (χ1) is 7.18. The number of benzene rings is 1. The van der Waals surface area contributed by atoms with Gasteiger partial charge in [-0.3, -0.25) is 4.79 Å². The Kier molecular flexibility index (Phi) is 2.43. The Morgan fingerprint density at radius 1 is 1.47 bits per heavy atom. The van der Waals surface area contributed by atoms with E-state index in [2.05, 4.69) is 4.98 Å². The molecule has 1 aromatic carbocycles. The summed E-state index contributed by atoms with van der Waals surface area (Å²) in [7, 11) is 0. The zero-order valence-corrected chi connectivity index (χ0v) is 8.10. The fraction of sp³-hybridized carbons (Fsp3) is 0.182. The number of hydrogen-bond acceptors (Lipinski definition) is 2. The zero-order valence-electron chi connectivity index (χ0n) is 8.10. The summed E-state index contributed by atoms with van der Waals surface area (Å²) in [6.45, 7) is 0. The molecule has 1 heterocycles. The number of carbonyl (C=O) groups is 1. The minimum atomic E-state index is -0.970. The topological polar surface area (TPSA) is 79.1 Å². The fourth-order valence-corrected chi connectivity index (χ4v) is 1.65. The summed E-state index contributed by atoms with van der Waals surface area (Å²) in [6.07, 6.45) is 2.19. The summed E-state index contributed by atoms with van der Waals surface area (Å²) in [5, 5.41) is 9.77. The number of carboxylic acid groups (broad SMARTS) is 1. The van der Waals surface area contributed by atoms with Gasteiger partial charge in [0, 0.05) is 17.1 Å². The predicted octanol–water partition coefficient (Wildman–Crippen LogP) is 1.12. The Balaban J connectivity index is 2.35. The van der Waals surface area contributed by atoms with Gasteiger partial charge in [0.2, 0.25) is 0 Å². The Labute approximate surface area is 86.7 Å². The van der Waals surface area contributed by atoms with Crippen LogP contribution < -0.4 is 5.73 Å². The van der Waals surface area contributed by atoms with E-state index in [1.165, 1.54) is 0 Å². The first-order valence-corrected chi connectivity index (χ1v) is 4.72. The third-order valence-corrected chi connectivity index (χ3v) is 2.44. The molecular formula is C11H12N2O2. The second-order valence-corrected chi connectivity index (χ2v) is 3.50. The maximum Gasteiger partial charge on any atom is 0.320 e. The highest BCUT2D eigenvalue weighted by Gasteiger charge is 2.13. The Hall–Kier alpha value is -1.81. The van der Waals surface area contributed by atoms with Crippen molar-refractivity contribution in [3.8, 4) is 0 Å². The lowest BCUT2D eigenvalue weighted by molar-refractivity contribution is -0.138. The molecule has 4 nitrogen and oxygen atoms in total. The highest BCUT2D eigenvalue weighted by molar-refractivity contribution is 5.84. The van der Waals surface area contributed by atoms with Crippen molar-refractivity contribution in [3.05, 3.63) is 36.0 Å². The summed E-state index contributed by atoms with van der Waals surface area (Å²) in [5.41, 5.74) is 7.46. The lowest BCUT2D eigenvalue weighted by Crippen LogP contribution is -2.32. The molecule has 2 rings (SSSR count). The van der Waals surface area contributed by atoms with Gasteiger partial charge < -0.3 is 15.8 Å². The van der Waals surface area contributed by atoms with Crippen molar-refractivity contribution in [2.24, 2.45) is 5.73 Å². The molecule has 2 aromatic rings. The average Bonchev–Trinajstić information content (AvgIpc) is 2.66. The zero-order chi connectivity index (χ0) is 10.8. The monoisotopic (exact) mass is 204 g/mol. The molecule has 0 aliphatic rings. The molecule has 0 aliphatic carbocycles. The van der Waals surface area contributed by atoms with E-state index < -0.39 is 12.0 Å². The summed E-state index contributed by atoms with van der Waals surface area (Å²) in [4.78, 5) is 13.7. The standard InChI is InChI=1S/C11H12N2O2/c12-9(11(14)15)6-7-2-1-3-10-8(7)4-5-13-10/h1-5,9,13H,6,12H2,(H,14,15)/t9-/m0/s1. The fourth-order valence-electron chi connectivity index (χ4n) is 1.65. The van der Waals surface area contributed by atoms with E-state index >= 15 is 0 Å². The predicted molar refractivity (Wildman–Crippen MR) is 57.6 cm³/mol. The van der Waals surface area contributed by atoms with E-state index in [4.69, 9.17) is 10.8 Å². The smallest absolute Gasteiger partial charge is 0.320 e. The molecule has 0 unspecified atom stereocenters. The van der Waals surface area contributed by atoms with Crippen LogP contribution in [-0.2, 0) is 11.2 Å². The maximum absolute atomic E-state index is 10.6. The molecule has 15 heavy (non-hydrogen) atoms. The van der Waals surface area contributed by atoms with Crippen molar-refractivity contribution in [2.45, 2.75) is 12.5 Å². The van der Waals surface area contributed by atoms with Gasteiger partial charge in [0.05, 0.1) is 0 Å². The van der Waals surface area contributed by atoms with Crippen molar-refractivity contribution < 1.29 is 9.90 Å². The van der Waals surface area contributed by atoms with E-state index in [-0.39, 0.29) is 0 Å². The van der Waals surface area contributed by atoms with Gasteiger partial charge >= 0.3 is 5.97 Å². The van der Waals surface area contributed by atoms with Crippen LogP contribution in [0, 0.1) is 0 Å². The number of aromatic nitrogens is 1. The van der Waals surface area contributed by atoms with Crippen LogP contribution in [0.3, 0.4) is 0 Å². The van der Waals surface area contributed by atoms with Crippen LogP contribution in [0.25, 0.3) is 10.9 Å². The SMILES string of the molecule is N[C@@H](Cc1cccc2[nH]ccc12)C(=O)O. The van der Waals surface area contributed by atoms with Crippen LogP contribution in [-0.4, -0.2) is 22.1 Å². The van der Waals surface area contributed by atoms with Gasteiger partial charge in [-0.25, -0.2) is 0 Å². The molecule has 0 saturated heterocycles. The highest BCUT2D eigenvalue weighted by atomic mass is 16.4. The highest BCUT2D eigenvalue weighted by Crippen LogP contribution is 2.18. The van der Waals surface area contributed by atoms with Gasteiger partial charge in [-0.1, -0.05) is 12.1 Å². The van der Waals surface area contributed by atoms with Crippen LogP contribution in [0.2, 0.25) is 0 Å². The first-order valence-electron chi connectivity index (χ1n) is 4.72. The van der Waals surface area contributed by atoms with Crippen molar-refractivity contribution in [1.82, 2.24) is 4.98 Å². The van der Waals surface area contributed by atoms with E-state index in [0.29, 0.717) is 6.42 Å². The summed E-state index contributed by atoms with van der Waals surface area (Å²) < 4.78 is 0. The molecule has 0 amide bonds. The molecule has 0 radical (unpaired) electrons. The van der Waals surface area contributed by atoms with Crippen molar-refractivity contribution in [1.29, 1.82) is 0 Å². The second-order valence-electron chi connectivity index (χ2n) is 3.50. The molecule has 4 heteroatoms. The van der Waals surface area contributed by atoms with Gasteiger partial charge in [0.15, 0.2) is 0 Å². The van der Waals surface area contributed by atoms with Crippen LogP contribution >= 0.6 is 0 Å². The summed E-state index contributed by atoms with van der Waals surface area (Å²) in [6, 6.07) is 6.83. The van der Waals surface area contributed by atoms with E-state index in [9.17, 15) is 4.79 Å². The summed E-state index contributed by atoms with van der Waals surface area (Å²) >= 11 is 0. The number of H-pyrrole nitrogens is 1. The molecule has 0 spiro atoms. The van der Waals surface area contributed by atoms with Crippen molar-refractivity contribution >= 4 is 16.9 Å². The number of fused-ring (bicyclic) bond motifs is 1. The Morgan fingerprint density at radius 3 is 3.00 bits per heavy atom. The molecule has 0 saturated carbocycles. The number of aromatic amines is 1. The third-order valence-electron chi connectivity index (χ3n) is 2.44. The van der Waals surface area contributed by atoms with Gasteiger partial charge in [-0.05, 0) is 24.1 Å². The second kappa shape index (κ2) is 3.74. The van der Waals surface area contributed by atoms with Gasteiger partial charge in [-0.15, -0.1) is 0 Å². The average molecular weight is 204 g/mol. The summed E-state index contributed by atoms with van der Waals surface area (Å²) in [5.74, 6) is -0.970. The van der Waals surface area contributed by atoms with Crippen molar-refractivity contribution in [2.75, 3.05) is 0 Å².